The van der Waals surface area contributed by atoms with Gasteiger partial charge in [-0.15, -0.1) is 4.99 Å². The summed E-state index contributed by atoms with van der Waals surface area (Å²) in [4.78, 5) is 104. The molecule has 23 nitrogen and oxygen atoms in total. The summed E-state index contributed by atoms with van der Waals surface area (Å²) in [6.45, 7) is 0.451. The smallest absolute Gasteiger partial charge is 0.437 e. The fourth-order valence-electron chi connectivity index (χ4n) is 6.01. The van der Waals surface area contributed by atoms with Crippen molar-refractivity contribution in [2.45, 2.75) is 56.5 Å². The van der Waals surface area contributed by atoms with Crippen LogP contribution in [0.4, 0.5) is 31.4 Å². The molecule has 2 fully saturated rings. The van der Waals surface area contributed by atoms with Crippen LogP contribution in [0.5, 0.6) is 0 Å². The first-order valence-corrected chi connectivity index (χ1v) is 18.4. The van der Waals surface area contributed by atoms with Gasteiger partial charge in [0.05, 0.1) is 20.8 Å². The van der Waals surface area contributed by atoms with Crippen LogP contribution in [0.2, 0.25) is 0 Å². The molecule has 60 heavy (non-hydrogen) atoms. The monoisotopic (exact) mass is 851 g/mol. The zero-order chi connectivity index (χ0) is 43.7. The van der Waals surface area contributed by atoms with Crippen molar-refractivity contribution < 1.29 is 53.0 Å². The predicted octanol–water partition coefficient (Wildman–Crippen LogP) is 3.43. The van der Waals surface area contributed by atoms with Crippen molar-refractivity contribution in [3.63, 3.8) is 0 Å². The van der Waals surface area contributed by atoms with Crippen LogP contribution in [0.15, 0.2) is 77.8 Å². The molecule has 3 atom stereocenters. The van der Waals surface area contributed by atoms with E-state index in [0.717, 1.165) is 0 Å². The molecule has 24 heteroatoms. The summed E-state index contributed by atoms with van der Waals surface area (Å²) >= 11 is 4.45. The average Bonchev–Trinajstić information content (AvgIpc) is 3.61. The highest BCUT2D eigenvalue weighted by Crippen LogP contribution is 2.27. The third-order valence-corrected chi connectivity index (χ3v) is 9.66. The Morgan fingerprint density at radius 2 is 1.23 bits per heavy atom. The Bertz CT molecular complexity index is 2170. The van der Waals surface area contributed by atoms with E-state index in [1.165, 1.54) is 89.5 Å². The van der Waals surface area contributed by atoms with Crippen LogP contribution < -0.4 is 11.1 Å². The maximum atomic E-state index is 13.5. The third-order valence-electron chi connectivity index (χ3n) is 9.28. The zero-order valence-electron chi connectivity index (χ0n) is 31.6. The van der Waals surface area contributed by atoms with E-state index in [4.69, 9.17) is 19.9 Å². The van der Waals surface area contributed by atoms with Crippen molar-refractivity contribution in [1.82, 2.24) is 20.0 Å². The number of hydrogen-bond donors (Lipinski definition) is 3. The minimum atomic E-state index is -1.47. The molecule has 316 valence electrons. The highest BCUT2D eigenvalue weighted by atomic mass is 32.1. The van der Waals surface area contributed by atoms with E-state index in [0.29, 0.717) is 21.6 Å². The molecule has 0 spiro atoms. The lowest BCUT2D eigenvalue weighted by molar-refractivity contribution is -0.385. The van der Waals surface area contributed by atoms with Gasteiger partial charge in [0.2, 0.25) is 17.8 Å². The van der Waals surface area contributed by atoms with Crippen LogP contribution in [0.1, 0.15) is 30.0 Å². The minimum Gasteiger partial charge on any atom is -0.445 e. The van der Waals surface area contributed by atoms with Gasteiger partial charge in [-0.1, -0.05) is 0 Å². The second-order valence-electron chi connectivity index (χ2n) is 13.5. The lowest BCUT2D eigenvalue weighted by atomic mass is 10.1. The molecule has 0 aromatic heterocycles. The summed E-state index contributed by atoms with van der Waals surface area (Å²) in [6.07, 6.45) is -3.06. The van der Waals surface area contributed by atoms with Crippen molar-refractivity contribution in [2.24, 2.45) is 10.7 Å². The van der Waals surface area contributed by atoms with Gasteiger partial charge in [0, 0.05) is 61.3 Å². The topological polar surface area (TPSA) is 303 Å². The van der Waals surface area contributed by atoms with Crippen molar-refractivity contribution in [3.8, 4) is 0 Å². The number of benzene rings is 3. The Morgan fingerprint density at radius 3 is 1.70 bits per heavy atom. The van der Waals surface area contributed by atoms with E-state index in [2.05, 4.69) is 22.9 Å². The highest BCUT2D eigenvalue weighted by molar-refractivity contribution is 7.81. The predicted molar refractivity (Wildman–Crippen MR) is 209 cm³/mol. The number of ether oxygens (including phenoxy) is 3. The largest absolute Gasteiger partial charge is 0.445 e. The van der Waals surface area contributed by atoms with Crippen molar-refractivity contribution in [3.05, 3.63) is 120 Å². The zero-order valence-corrected chi connectivity index (χ0v) is 32.5. The van der Waals surface area contributed by atoms with Gasteiger partial charge in [-0.05, 0) is 66.4 Å². The molecular weight excluding hydrogens is 815 g/mol. The quantitative estimate of drug-likeness (QED) is 0.0554. The fraction of sp³-hybridized carbons (Fsp3) is 0.333. The first kappa shape index (κ1) is 43.7. The minimum absolute atomic E-state index is 0.0276. The second kappa shape index (κ2) is 19.4. The normalized spacial score (nSPS) is 16.8. The molecule has 3 unspecified atom stereocenters. The number of carbonyl (C=O) groups is 5. The summed E-state index contributed by atoms with van der Waals surface area (Å²) in [5.41, 5.74) is 6.74. The van der Waals surface area contributed by atoms with Gasteiger partial charge in [0.1, 0.15) is 31.9 Å². The molecule has 3 aromatic rings. The number of non-ortho nitro benzene ring substituents is 3. The van der Waals surface area contributed by atoms with E-state index in [-0.39, 0.29) is 61.6 Å². The van der Waals surface area contributed by atoms with Crippen molar-refractivity contribution >= 4 is 65.7 Å². The molecule has 2 saturated heterocycles. The number of nitro benzene ring substituents is 3. The second-order valence-corrected chi connectivity index (χ2v) is 14.2. The number of nitrogens with zero attached hydrogens (tertiary/aromatic N) is 7. The number of nitro groups is 3. The summed E-state index contributed by atoms with van der Waals surface area (Å²) in [6, 6.07) is 12.6. The van der Waals surface area contributed by atoms with E-state index in [1.807, 2.05) is 0 Å². The molecule has 3 N–H and O–H groups in total. The van der Waals surface area contributed by atoms with E-state index in [9.17, 15) is 54.3 Å². The van der Waals surface area contributed by atoms with Crippen LogP contribution in [0.3, 0.4) is 0 Å². The number of nitrogens with one attached hydrogen (secondary N) is 1. The molecule has 0 saturated carbocycles. The number of likely N-dealkylation sites (tertiary alicyclic amines) is 2. The van der Waals surface area contributed by atoms with Crippen molar-refractivity contribution in [2.75, 3.05) is 19.6 Å². The van der Waals surface area contributed by atoms with Gasteiger partial charge >= 0.3 is 18.3 Å². The summed E-state index contributed by atoms with van der Waals surface area (Å²) in [5, 5.41) is 35.2. The Kier molecular flexibility index (Phi) is 14.1. The SMILES string of the molecule is CC(C(=O)NC1CN(C(=O)C2CC(S)CN2C(=O)OCc2ccc([N+](=O)[O-])cc2)C1)N(C(=O)OCc1ccc([N+](=O)[O-])cc1)C(N)=NC(=O)OCc1ccc([N+](=O)[O-])cc1. The molecule has 0 aliphatic carbocycles. The Labute approximate surface area is 344 Å². The molecule has 2 aliphatic heterocycles. The molecule has 5 amide bonds. The van der Waals surface area contributed by atoms with Gasteiger partial charge in [-0.3, -0.25) is 44.8 Å². The number of aliphatic imine (C=N–C) groups is 1. The van der Waals surface area contributed by atoms with Crippen LogP contribution in [-0.2, 0) is 43.6 Å². The Morgan fingerprint density at radius 1 is 0.783 bits per heavy atom. The fourth-order valence-corrected chi connectivity index (χ4v) is 6.38. The van der Waals surface area contributed by atoms with E-state index >= 15 is 0 Å². The molecule has 0 radical (unpaired) electrons. The first-order valence-electron chi connectivity index (χ1n) is 17.9. The number of rotatable bonds is 13. The Balaban J connectivity index is 1.19. The molecule has 2 aliphatic rings. The highest BCUT2D eigenvalue weighted by Gasteiger charge is 2.44. The van der Waals surface area contributed by atoms with Gasteiger partial charge in [0.15, 0.2) is 0 Å². The summed E-state index contributed by atoms with van der Waals surface area (Å²) in [5.74, 6) is -2.00. The van der Waals surface area contributed by atoms with Crippen molar-refractivity contribution in [1.29, 1.82) is 0 Å². The maximum Gasteiger partial charge on any atom is 0.437 e. The number of nitrogens with two attached hydrogens (primary N) is 1. The van der Waals surface area contributed by atoms with Gasteiger partial charge < -0.3 is 30.2 Å². The Hall–Kier alpha value is -7.37. The molecule has 5 rings (SSSR count). The summed E-state index contributed by atoms with van der Waals surface area (Å²) in [7, 11) is 0. The van der Waals surface area contributed by atoms with Gasteiger partial charge in [-0.2, -0.15) is 12.6 Å². The van der Waals surface area contributed by atoms with Crippen LogP contribution in [0.25, 0.3) is 0 Å². The lowest BCUT2D eigenvalue weighted by Crippen LogP contribution is -2.65. The molecule has 2 heterocycles. The lowest BCUT2D eigenvalue weighted by Gasteiger charge is -2.42. The third kappa shape index (κ3) is 11.2. The van der Waals surface area contributed by atoms with Gasteiger partial charge in [-0.25, -0.2) is 19.3 Å². The number of hydrogen-bond acceptors (Lipinski definition) is 15. The average molecular weight is 852 g/mol. The molecular formula is C36H37N9O14S. The first-order chi connectivity index (χ1) is 28.5. The van der Waals surface area contributed by atoms with Crippen LogP contribution in [-0.4, -0.2) is 109 Å². The van der Waals surface area contributed by atoms with E-state index in [1.54, 1.807) is 0 Å². The number of amides is 5. The number of thiol groups is 1. The summed E-state index contributed by atoms with van der Waals surface area (Å²) < 4.78 is 15.8. The number of carbonyl (C=O) groups excluding carboxylic acids is 5. The number of guanidine groups is 1. The molecule has 3 aromatic carbocycles. The molecule has 0 bridgehead atoms. The maximum absolute atomic E-state index is 13.5. The van der Waals surface area contributed by atoms with Crippen LogP contribution in [0, 0.1) is 30.3 Å². The van der Waals surface area contributed by atoms with E-state index < -0.39 is 75.6 Å². The van der Waals surface area contributed by atoms with Crippen LogP contribution >= 0.6 is 12.6 Å². The standard InChI is InChI=1S/C36H37N9O14S/c1-21(31(46)38-25-15-40(16-25)32(47)30-14-29(60)17-41(30)35(49)58-19-23-4-10-27(11-5-23)44(53)54)42(36(50)59-20-24-6-12-28(13-7-24)45(55)56)33(37)39-34(48)57-18-22-2-8-26(9-3-22)43(51)52/h2-13,21,25,29-30,60H,14-20H2,1H3,(H,38,46)(H2,37,39,48). The van der Waals surface area contributed by atoms with Gasteiger partial charge in [0.25, 0.3) is 17.1 Å².